The first-order valence-electron chi connectivity index (χ1n) is 14.0. The molecule has 1 saturated heterocycles. The number of ether oxygens (including phenoxy) is 1. The van der Waals surface area contributed by atoms with Gasteiger partial charge >= 0.3 is 11.8 Å². The fraction of sp³-hybridized carbons (Fsp3) is 0.519. The fourth-order valence-corrected chi connectivity index (χ4v) is 6.55. The number of nitrogens with two attached hydrogens (primary N) is 1. The Morgan fingerprint density at radius 2 is 1.78 bits per heavy atom. The predicted octanol–water partition coefficient (Wildman–Crippen LogP) is 1.21. The maximum atomic E-state index is 13.2. The normalized spacial score (nSPS) is 19.8. The van der Waals surface area contributed by atoms with Gasteiger partial charge in [0.2, 0.25) is 5.91 Å². The van der Waals surface area contributed by atoms with E-state index in [4.69, 9.17) is 15.5 Å². The Balaban J connectivity index is 1.35. The standard InChI is InChI=1S/C27H32N8O6/c28-24(36)26(7-8-26)35-23-18(13-30-35)17(15-5-9-41-10-6-15)11-22(32-23)31-21-12-19-20(14-29-21)34(27(38,39)40)25(37)33(19)16-3-1-2-4-16/h11-16,38-40H,1-10H2,(H2,28,36)(H,29,31,32). The highest BCUT2D eigenvalue weighted by atomic mass is 16.7. The number of imidazole rings is 1. The van der Waals surface area contributed by atoms with E-state index >= 15 is 0 Å². The number of nitrogens with zero attached hydrogens (tertiary/aromatic N) is 6. The number of amides is 1. The zero-order chi connectivity index (χ0) is 28.5. The van der Waals surface area contributed by atoms with Crippen LogP contribution in [0.4, 0.5) is 11.6 Å². The van der Waals surface area contributed by atoms with Crippen LogP contribution >= 0.6 is 0 Å². The number of hydrogen-bond acceptors (Lipinski definition) is 10. The van der Waals surface area contributed by atoms with Crippen molar-refractivity contribution in [3.05, 3.63) is 40.6 Å². The van der Waals surface area contributed by atoms with Crippen LogP contribution in [-0.2, 0) is 21.2 Å². The molecular weight excluding hydrogens is 532 g/mol. The van der Waals surface area contributed by atoms with Gasteiger partial charge in [-0.05, 0) is 56.1 Å². The van der Waals surface area contributed by atoms with Gasteiger partial charge in [-0.3, -0.25) is 9.36 Å². The minimum Gasteiger partial charge on any atom is -0.381 e. The molecule has 0 spiro atoms. The molecule has 14 heteroatoms. The summed E-state index contributed by atoms with van der Waals surface area (Å²) in [5.74, 6) is 0.611. The summed E-state index contributed by atoms with van der Waals surface area (Å²) in [5.41, 5.74) is 6.22. The molecule has 4 aromatic rings. The van der Waals surface area contributed by atoms with Gasteiger partial charge in [0.1, 0.15) is 17.2 Å². The van der Waals surface area contributed by atoms with Crippen molar-refractivity contribution in [2.45, 2.75) is 75.0 Å². The maximum absolute atomic E-state index is 13.2. The third kappa shape index (κ3) is 4.20. The van der Waals surface area contributed by atoms with E-state index < -0.39 is 23.2 Å². The van der Waals surface area contributed by atoms with Gasteiger partial charge in [-0.2, -0.15) is 5.10 Å². The minimum atomic E-state index is -3.38. The Bertz CT molecular complexity index is 1720. The molecule has 1 amide bonds. The Labute approximate surface area is 233 Å². The summed E-state index contributed by atoms with van der Waals surface area (Å²) in [6.07, 6.45) is 5.97. The Morgan fingerprint density at radius 3 is 2.44 bits per heavy atom. The number of anilines is 2. The van der Waals surface area contributed by atoms with Gasteiger partial charge in [0.25, 0.3) is 0 Å². The molecule has 216 valence electrons. The molecule has 41 heavy (non-hydrogen) atoms. The van der Waals surface area contributed by atoms with Gasteiger partial charge in [-0.25, -0.2) is 24.0 Å². The van der Waals surface area contributed by atoms with Crippen LogP contribution < -0.4 is 16.7 Å². The second-order valence-corrected chi connectivity index (χ2v) is 11.4. The number of pyridine rings is 2. The maximum Gasteiger partial charge on any atom is 0.377 e. The second-order valence-electron chi connectivity index (χ2n) is 11.4. The topological polar surface area (TPSA) is 196 Å². The number of nitrogens with one attached hydrogen (secondary N) is 1. The Kier molecular flexibility index (Phi) is 5.94. The summed E-state index contributed by atoms with van der Waals surface area (Å²) >= 11 is 0. The van der Waals surface area contributed by atoms with Crippen LogP contribution in [0.25, 0.3) is 22.1 Å². The number of rotatable bonds is 7. The fourth-order valence-electron chi connectivity index (χ4n) is 6.55. The van der Waals surface area contributed by atoms with Gasteiger partial charge in [0, 0.05) is 30.7 Å². The molecule has 2 aliphatic carbocycles. The summed E-state index contributed by atoms with van der Waals surface area (Å²) in [5, 5.41) is 38.5. The number of carbonyl (C=O) groups excluding carboxylic acids is 1. The third-order valence-corrected chi connectivity index (χ3v) is 8.83. The third-order valence-electron chi connectivity index (χ3n) is 8.83. The van der Waals surface area contributed by atoms with E-state index in [-0.39, 0.29) is 17.5 Å². The van der Waals surface area contributed by atoms with E-state index in [0.717, 1.165) is 49.5 Å². The Hall–Kier alpha value is -3.85. The van der Waals surface area contributed by atoms with Crippen LogP contribution in [0.3, 0.4) is 0 Å². The van der Waals surface area contributed by atoms with E-state index in [1.54, 1.807) is 16.9 Å². The summed E-state index contributed by atoms with van der Waals surface area (Å²) in [6, 6.07) is 3.45. The highest BCUT2D eigenvalue weighted by molar-refractivity contribution is 5.90. The first kappa shape index (κ1) is 26.1. The number of aliphatic hydroxyl groups is 3. The highest BCUT2D eigenvalue weighted by Crippen LogP contribution is 2.45. The van der Waals surface area contributed by atoms with Crippen molar-refractivity contribution in [2.75, 3.05) is 18.5 Å². The van der Waals surface area contributed by atoms with Crippen LogP contribution in [-0.4, -0.2) is 63.3 Å². The lowest BCUT2D eigenvalue weighted by Crippen LogP contribution is -2.41. The summed E-state index contributed by atoms with van der Waals surface area (Å²) in [6.45, 7) is 1.29. The molecule has 7 rings (SSSR count). The average molecular weight is 565 g/mol. The first-order chi connectivity index (χ1) is 19.7. The van der Waals surface area contributed by atoms with E-state index in [1.165, 1.54) is 10.8 Å². The van der Waals surface area contributed by atoms with Gasteiger partial charge < -0.3 is 31.1 Å². The Morgan fingerprint density at radius 1 is 1.05 bits per heavy atom. The van der Waals surface area contributed by atoms with Crippen LogP contribution in [0, 0.1) is 0 Å². The molecule has 0 atom stereocenters. The molecule has 5 heterocycles. The van der Waals surface area contributed by atoms with Gasteiger partial charge in [-0.1, -0.05) is 12.8 Å². The number of hydrogen-bond donors (Lipinski definition) is 5. The summed E-state index contributed by atoms with van der Waals surface area (Å²) in [4.78, 5) is 34.8. The number of primary amides is 1. The number of aromatic nitrogens is 6. The largest absolute Gasteiger partial charge is 0.381 e. The molecule has 0 radical (unpaired) electrons. The van der Waals surface area contributed by atoms with E-state index in [1.807, 2.05) is 6.07 Å². The lowest BCUT2D eigenvalue weighted by atomic mass is 9.90. The summed E-state index contributed by atoms with van der Waals surface area (Å²) in [7, 11) is 0. The molecule has 6 N–H and O–H groups in total. The van der Waals surface area contributed by atoms with Crippen molar-refractivity contribution >= 4 is 39.6 Å². The smallest absolute Gasteiger partial charge is 0.377 e. The molecule has 0 aromatic carbocycles. The van der Waals surface area contributed by atoms with Crippen molar-refractivity contribution in [2.24, 2.45) is 5.73 Å². The van der Waals surface area contributed by atoms with Crippen molar-refractivity contribution in [3.63, 3.8) is 0 Å². The van der Waals surface area contributed by atoms with Crippen molar-refractivity contribution < 1.29 is 24.9 Å². The molecule has 2 saturated carbocycles. The average Bonchev–Trinajstić information content (AvgIpc) is 3.24. The van der Waals surface area contributed by atoms with Gasteiger partial charge in [-0.15, -0.1) is 0 Å². The monoisotopic (exact) mass is 564 g/mol. The lowest BCUT2D eigenvalue weighted by molar-refractivity contribution is -0.374. The quantitative estimate of drug-likeness (QED) is 0.204. The van der Waals surface area contributed by atoms with Crippen LogP contribution in [0.2, 0.25) is 0 Å². The SMILES string of the molecule is NC(=O)C1(n2ncc3c(C4CCOCC4)cc(Nc4cc5c(cn4)n(C(O)(O)O)c(=O)n5C4CCCC4)nc32)CC1. The molecule has 0 bridgehead atoms. The van der Waals surface area contributed by atoms with E-state index in [0.29, 0.717) is 53.4 Å². The molecule has 3 fully saturated rings. The zero-order valence-corrected chi connectivity index (χ0v) is 22.4. The van der Waals surface area contributed by atoms with Crippen molar-refractivity contribution in [3.8, 4) is 0 Å². The zero-order valence-electron chi connectivity index (χ0n) is 22.4. The van der Waals surface area contributed by atoms with Crippen molar-refractivity contribution in [1.82, 2.24) is 28.9 Å². The minimum absolute atomic E-state index is 0.0847. The van der Waals surface area contributed by atoms with Crippen LogP contribution in [0.5, 0.6) is 0 Å². The highest BCUT2D eigenvalue weighted by Gasteiger charge is 2.52. The first-order valence-corrected chi connectivity index (χ1v) is 14.0. The molecular formula is C27H32N8O6. The van der Waals surface area contributed by atoms with E-state index in [2.05, 4.69) is 15.4 Å². The lowest BCUT2D eigenvalue weighted by Gasteiger charge is -2.23. The van der Waals surface area contributed by atoms with Crippen LogP contribution in [0.15, 0.2) is 29.3 Å². The molecule has 14 nitrogen and oxygen atoms in total. The molecule has 1 aliphatic heterocycles. The van der Waals surface area contributed by atoms with Crippen molar-refractivity contribution in [1.29, 1.82) is 0 Å². The van der Waals surface area contributed by atoms with Gasteiger partial charge in [0.05, 0.1) is 23.4 Å². The van der Waals surface area contributed by atoms with Gasteiger partial charge in [0.15, 0.2) is 5.65 Å². The molecule has 4 aromatic heterocycles. The number of carbonyl (C=O) groups is 1. The molecule has 0 unspecified atom stereocenters. The molecule has 3 aliphatic rings. The summed E-state index contributed by atoms with van der Waals surface area (Å²) < 4.78 is 9.24. The number of fused-ring (bicyclic) bond motifs is 2. The van der Waals surface area contributed by atoms with Crippen LogP contribution in [0.1, 0.15) is 68.9 Å². The van der Waals surface area contributed by atoms with E-state index in [9.17, 15) is 24.9 Å². The second kappa shape index (κ2) is 9.34. The predicted molar refractivity (Wildman–Crippen MR) is 146 cm³/mol.